The van der Waals surface area contributed by atoms with Crippen LogP contribution in [-0.4, -0.2) is 47.8 Å². The maximum atomic E-state index is 13.2. The SMILES string of the molecule is O=C(N[C@@H](C(=O)NC1CC1)C1CCN(C(=O)c2ccc(F)cc2)CC1)c1ccc(F)cc1. The van der Waals surface area contributed by atoms with Gasteiger partial charge in [0.2, 0.25) is 5.91 Å². The molecule has 1 atom stereocenters. The van der Waals surface area contributed by atoms with Crippen molar-refractivity contribution < 1.29 is 23.2 Å². The standard InChI is InChI=1S/C24H25F2N3O3/c25-18-5-1-16(2-6-18)22(30)28-21(23(31)27-20-9-10-20)15-11-13-29(14-12-15)24(32)17-3-7-19(26)8-4-17/h1-8,15,20-21H,9-14H2,(H,27,31)(H,28,30)/t21-/m1/s1. The minimum absolute atomic E-state index is 0.143. The van der Waals surface area contributed by atoms with E-state index in [0.717, 1.165) is 12.8 Å². The first-order valence-electron chi connectivity index (χ1n) is 10.8. The van der Waals surface area contributed by atoms with Crippen LogP contribution in [0.2, 0.25) is 0 Å². The molecular weight excluding hydrogens is 416 g/mol. The zero-order valence-electron chi connectivity index (χ0n) is 17.5. The summed E-state index contributed by atoms with van der Waals surface area (Å²) in [6.07, 6.45) is 2.93. The maximum absolute atomic E-state index is 13.2. The average Bonchev–Trinajstić information content (AvgIpc) is 3.62. The van der Waals surface area contributed by atoms with Crippen LogP contribution in [0, 0.1) is 17.6 Å². The number of carbonyl (C=O) groups excluding carboxylic acids is 3. The number of piperidine rings is 1. The van der Waals surface area contributed by atoms with Gasteiger partial charge < -0.3 is 15.5 Å². The lowest BCUT2D eigenvalue weighted by Gasteiger charge is -2.36. The second-order valence-electron chi connectivity index (χ2n) is 8.38. The van der Waals surface area contributed by atoms with Gasteiger partial charge in [-0.3, -0.25) is 14.4 Å². The molecule has 2 fully saturated rings. The summed E-state index contributed by atoms with van der Waals surface area (Å²) in [5.41, 5.74) is 0.692. The van der Waals surface area contributed by atoms with E-state index in [4.69, 9.17) is 0 Å². The average molecular weight is 441 g/mol. The number of amides is 3. The summed E-state index contributed by atoms with van der Waals surface area (Å²) in [6, 6.07) is 9.99. The smallest absolute Gasteiger partial charge is 0.253 e. The molecule has 2 aromatic carbocycles. The van der Waals surface area contributed by atoms with E-state index < -0.39 is 23.6 Å². The predicted molar refractivity (Wildman–Crippen MR) is 114 cm³/mol. The van der Waals surface area contributed by atoms with Gasteiger partial charge in [-0.1, -0.05) is 0 Å². The monoisotopic (exact) mass is 441 g/mol. The van der Waals surface area contributed by atoms with E-state index in [0.29, 0.717) is 31.5 Å². The number of hydrogen-bond donors (Lipinski definition) is 2. The van der Waals surface area contributed by atoms with Crippen LogP contribution in [0.5, 0.6) is 0 Å². The molecule has 2 N–H and O–H groups in total. The molecule has 0 aromatic heterocycles. The van der Waals surface area contributed by atoms with Crippen molar-refractivity contribution in [3.05, 3.63) is 71.3 Å². The highest BCUT2D eigenvalue weighted by Crippen LogP contribution is 2.25. The normalized spacial score (nSPS) is 17.5. The van der Waals surface area contributed by atoms with Gasteiger partial charge in [-0.2, -0.15) is 0 Å². The lowest BCUT2D eigenvalue weighted by atomic mass is 9.88. The molecule has 1 aliphatic carbocycles. The predicted octanol–water partition coefficient (Wildman–Crippen LogP) is 2.89. The molecule has 2 aliphatic rings. The third-order valence-corrected chi connectivity index (χ3v) is 5.99. The molecule has 0 spiro atoms. The summed E-state index contributed by atoms with van der Waals surface area (Å²) in [4.78, 5) is 39.9. The molecule has 1 heterocycles. The highest BCUT2D eigenvalue weighted by molar-refractivity contribution is 5.98. The summed E-state index contributed by atoms with van der Waals surface area (Å²) < 4.78 is 26.3. The highest BCUT2D eigenvalue weighted by atomic mass is 19.1. The zero-order chi connectivity index (χ0) is 22.7. The van der Waals surface area contributed by atoms with Gasteiger partial charge in [0.1, 0.15) is 17.7 Å². The third kappa shape index (κ3) is 5.30. The van der Waals surface area contributed by atoms with Crippen molar-refractivity contribution in [1.29, 1.82) is 0 Å². The van der Waals surface area contributed by atoms with E-state index in [1.165, 1.54) is 48.5 Å². The summed E-state index contributed by atoms with van der Waals surface area (Å²) in [5, 5.41) is 5.77. The molecule has 168 valence electrons. The third-order valence-electron chi connectivity index (χ3n) is 5.99. The highest BCUT2D eigenvalue weighted by Gasteiger charge is 2.36. The molecule has 6 nitrogen and oxygen atoms in total. The van der Waals surface area contributed by atoms with E-state index in [2.05, 4.69) is 10.6 Å². The number of hydrogen-bond acceptors (Lipinski definition) is 3. The molecule has 2 aromatic rings. The van der Waals surface area contributed by atoms with E-state index >= 15 is 0 Å². The Morgan fingerprint density at radius 2 is 1.34 bits per heavy atom. The Kier molecular flexibility index (Phi) is 6.48. The van der Waals surface area contributed by atoms with Gasteiger partial charge >= 0.3 is 0 Å². The Hall–Kier alpha value is -3.29. The minimum atomic E-state index is -0.740. The van der Waals surface area contributed by atoms with Crippen LogP contribution >= 0.6 is 0 Å². The summed E-state index contributed by atoms with van der Waals surface area (Å²) in [5.74, 6) is -1.84. The van der Waals surface area contributed by atoms with Crippen molar-refractivity contribution in [2.75, 3.05) is 13.1 Å². The Morgan fingerprint density at radius 1 is 0.812 bits per heavy atom. The second-order valence-corrected chi connectivity index (χ2v) is 8.38. The van der Waals surface area contributed by atoms with Crippen molar-refractivity contribution in [1.82, 2.24) is 15.5 Å². The van der Waals surface area contributed by atoms with E-state index in [-0.39, 0.29) is 29.3 Å². The van der Waals surface area contributed by atoms with Crippen molar-refractivity contribution in [3.8, 4) is 0 Å². The number of carbonyl (C=O) groups is 3. The molecule has 1 aliphatic heterocycles. The topological polar surface area (TPSA) is 78.5 Å². The number of likely N-dealkylation sites (tertiary alicyclic amines) is 1. The maximum Gasteiger partial charge on any atom is 0.253 e. The number of nitrogens with one attached hydrogen (secondary N) is 2. The number of rotatable bonds is 6. The first kappa shape index (κ1) is 21.9. The van der Waals surface area contributed by atoms with E-state index in [1.54, 1.807) is 4.90 Å². The molecule has 32 heavy (non-hydrogen) atoms. The summed E-state index contributed by atoms with van der Waals surface area (Å²) >= 11 is 0. The fourth-order valence-corrected chi connectivity index (χ4v) is 3.95. The molecule has 4 rings (SSSR count). The molecule has 0 radical (unpaired) electrons. The van der Waals surface area contributed by atoms with E-state index in [9.17, 15) is 23.2 Å². The van der Waals surface area contributed by atoms with Crippen molar-refractivity contribution in [2.45, 2.75) is 37.8 Å². The number of benzene rings is 2. The van der Waals surface area contributed by atoms with Crippen LogP contribution in [-0.2, 0) is 4.79 Å². The zero-order valence-corrected chi connectivity index (χ0v) is 17.5. The van der Waals surface area contributed by atoms with Gasteiger partial charge in [0.25, 0.3) is 11.8 Å². The first-order chi connectivity index (χ1) is 15.4. The van der Waals surface area contributed by atoms with Gasteiger partial charge in [0.05, 0.1) is 0 Å². The van der Waals surface area contributed by atoms with Gasteiger partial charge in [-0.05, 0) is 80.1 Å². The quantitative estimate of drug-likeness (QED) is 0.724. The van der Waals surface area contributed by atoms with Crippen LogP contribution in [0.3, 0.4) is 0 Å². The fourth-order valence-electron chi connectivity index (χ4n) is 3.95. The summed E-state index contributed by atoms with van der Waals surface area (Å²) in [6.45, 7) is 0.862. The Bertz CT molecular complexity index is 983. The second kappa shape index (κ2) is 9.46. The van der Waals surface area contributed by atoms with Gasteiger partial charge in [0, 0.05) is 30.3 Å². The Labute approximate surface area is 185 Å². The van der Waals surface area contributed by atoms with Gasteiger partial charge in [-0.25, -0.2) is 8.78 Å². The van der Waals surface area contributed by atoms with Gasteiger partial charge in [0.15, 0.2) is 0 Å². The van der Waals surface area contributed by atoms with E-state index in [1.807, 2.05) is 0 Å². The molecule has 3 amide bonds. The molecule has 0 bridgehead atoms. The molecule has 8 heteroatoms. The summed E-state index contributed by atoms with van der Waals surface area (Å²) in [7, 11) is 0. The number of nitrogens with zero attached hydrogens (tertiary/aromatic N) is 1. The largest absolute Gasteiger partial charge is 0.352 e. The lowest BCUT2D eigenvalue weighted by molar-refractivity contribution is -0.124. The van der Waals surface area contributed by atoms with Crippen LogP contribution in [0.1, 0.15) is 46.4 Å². The Balaban J connectivity index is 1.41. The van der Waals surface area contributed by atoms with Gasteiger partial charge in [-0.15, -0.1) is 0 Å². The van der Waals surface area contributed by atoms with Crippen LogP contribution in [0.25, 0.3) is 0 Å². The first-order valence-corrected chi connectivity index (χ1v) is 10.8. The van der Waals surface area contributed by atoms with Crippen molar-refractivity contribution >= 4 is 17.7 Å². The molecule has 0 unspecified atom stereocenters. The van der Waals surface area contributed by atoms with Crippen molar-refractivity contribution in [2.24, 2.45) is 5.92 Å². The number of halogens is 2. The van der Waals surface area contributed by atoms with Crippen LogP contribution in [0.4, 0.5) is 8.78 Å². The Morgan fingerprint density at radius 3 is 1.88 bits per heavy atom. The molecular formula is C24H25F2N3O3. The minimum Gasteiger partial charge on any atom is -0.352 e. The molecule has 1 saturated carbocycles. The van der Waals surface area contributed by atoms with Crippen molar-refractivity contribution in [3.63, 3.8) is 0 Å². The lowest BCUT2D eigenvalue weighted by Crippen LogP contribution is -2.54. The van der Waals surface area contributed by atoms with Crippen LogP contribution < -0.4 is 10.6 Å². The molecule has 1 saturated heterocycles. The fraction of sp³-hybridized carbons (Fsp3) is 0.375. The van der Waals surface area contributed by atoms with Crippen LogP contribution in [0.15, 0.2) is 48.5 Å².